The molecule has 0 heterocycles. The van der Waals surface area contributed by atoms with Crippen LogP contribution in [0.3, 0.4) is 0 Å². The Morgan fingerprint density at radius 3 is 2.47 bits per heavy atom. The summed E-state index contributed by atoms with van der Waals surface area (Å²) in [6, 6.07) is 7.71. The minimum atomic E-state index is -0.176. The molecule has 96 valence electrons. The number of rotatable bonds is 4. The molecule has 2 atom stereocenters. The van der Waals surface area contributed by atoms with Gasteiger partial charge in [-0.15, -0.1) is 12.4 Å². The average molecular weight is 257 g/mol. The largest absolute Gasteiger partial charge is 0.327 e. The van der Waals surface area contributed by atoms with Crippen LogP contribution in [-0.2, 0) is 11.2 Å². The molecule has 0 bridgehead atoms. The molecule has 3 N–H and O–H groups in total. The third kappa shape index (κ3) is 4.36. The lowest BCUT2D eigenvalue weighted by Gasteiger charge is -2.16. The summed E-state index contributed by atoms with van der Waals surface area (Å²) in [7, 11) is 0. The van der Waals surface area contributed by atoms with E-state index in [1.165, 1.54) is 0 Å². The molecule has 1 aromatic carbocycles. The topological polar surface area (TPSA) is 55.1 Å². The van der Waals surface area contributed by atoms with E-state index in [1.54, 1.807) is 0 Å². The lowest BCUT2D eigenvalue weighted by Crippen LogP contribution is -2.34. The van der Waals surface area contributed by atoms with Gasteiger partial charge in [0, 0.05) is 11.7 Å². The van der Waals surface area contributed by atoms with E-state index in [1.807, 2.05) is 38.1 Å². The maximum absolute atomic E-state index is 11.8. The van der Waals surface area contributed by atoms with E-state index in [9.17, 15) is 4.79 Å². The Bertz CT molecular complexity index is 366. The quantitative estimate of drug-likeness (QED) is 0.870. The van der Waals surface area contributed by atoms with Gasteiger partial charge in [0.15, 0.2) is 0 Å². The lowest BCUT2D eigenvalue weighted by atomic mass is 10.0. The molecular formula is C13H21ClN2O. The summed E-state index contributed by atoms with van der Waals surface area (Å²) < 4.78 is 0. The van der Waals surface area contributed by atoms with Gasteiger partial charge in [0.2, 0.25) is 5.91 Å². The highest BCUT2D eigenvalue weighted by molar-refractivity contribution is 5.93. The highest BCUT2D eigenvalue weighted by atomic mass is 35.5. The Morgan fingerprint density at radius 1 is 1.35 bits per heavy atom. The van der Waals surface area contributed by atoms with Gasteiger partial charge in [-0.1, -0.05) is 32.0 Å². The molecule has 0 saturated carbocycles. The van der Waals surface area contributed by atoms with E-state index in [4.69, 9.17) is 5.73 Å². The fourth-order valence-corrected chi connectivity index (χ4v) is 1.44. The van der Waals surface area contributed by atoms with Gasteiger partial charge in [0.25, 0.3) is 0 Å². The molecular weight excluding hydrogens is 236 g/mol. The van der Waals surface area contributed by atoms with Crippen LogP contribution in [0.4, 0.5) is 5.69 Å². The molecule has 0 radical (unpaired) electrons. The number of carbonyl (C=O) groups excluding carboxylic acids is 1. The number of benzene rings is 1. The van der Waals surface area contributed by atoms with Crippen LogP contribution in [0.15, 0.2) is 24.3 Å². The van der Waals surface area contributed by atoms with Gasteiger partial charge in [-0.05, 0) is 25.0 Å². The first-order chi connectivity index (χ1) is 7.56. The lowest BCUT2D eigenvalue weighted by molar-refractivity contribution is -0.119. The van der Waals surface area contributed by atoms with Crippen molar-refractivity contribution in [2.75, 3.05) is 5.32 Å². The second kappa shape index (κ2) is 7.30. The standard InChI is InChI=1S/C13H20N2O.ClH/c1-4-11-7-5-6-8-12(11)15-13(16)9(2)10(3)14;/h5-10H,4,14H2,1-3H3,(H,15,16);1H. The van der Waals surface area contributed by atoms with Crippen LogP contribution >= 0.6 is 12.4 Å². The summed E-state index contributed by atoms with van der Waals surface area (Å²) in [5.74, 6) is -0.194. The minimum absolute atomic E-state index is 0. The molecule has 0 aliphatic heterocycles. The highest BCUT2D eigenvalue weighted by Gasteiger charge is 2.17. The minimum Gasteiger partial charge on any atom is -0.327 e. The molecule has 0 aliphatic rings. The monoisotopic (exact) mass is 256 g/mol. The summed E-state index contributed by atoms with van der Waals surface area (Å²) in [5, 5.41) is 2.92. The highest BCUT2D eigenvalue weighted by Crippen LogP contribution is 2.16. The summed E-state index contributed by atoms with van der Waals surface area (Å²) in [6.45, 7) is 5.75. The summed E-state index contributed by atoms with van der Waals surface area (Å²) in [4.78, 5) is 11.8. The van der Waals surface area contributed by atoms with Gasteiger partial charge in [0.1, 0.15) is 0 Å². The van der Waals surface area contributed by atoms with Gasteiger partial charge in [-0.3, -0.25) is 4.79 Å². The van der Waals surface area contributed by atoms with E-state index in [0.717, 1.165) is 17.7 Å². The van der Waals surface area contributed by atoms with Crippen molar-refractivity contribution in [2.45, 2.75) is 33.2 Å². The second-order valence-corrected chi connectivity index (χ2v) is 4.15. The van der Waals surface area contributed by atoms with Crippen molar-refractivity contribution in [1.29, 1.82) is 0 Å². The Labute approximate surface area is 109 Å². The van der Waals surface area contributed by atoms with Crippen LogP contribution in [0.5, 0.6) is 0 Å². The number of amides is 1. The number of hydrogen-bond donors (Lipinski definition) is 2. The number of halogens is 1. The molecule has 1 rings (SSSR count). The van der Waals surface area contributed by atoms with Crippen molar-refractivity contribution >= 4 is 24.0 Å². The zero-order chi connectivity index (χ0) is 12.1. The number of para-hydroxylation sites is 1. The van der Waals surface area contributed by atoms with E-state index >= 15 is 0 Å². The van der Waals surface area contributed by atoms with Gasteiger partial charge in [0.05, 0.1) is 5.92 Å². The molecule has 0 saturated heterocycles. The average Bonchev–Trinajstić information content (AvgIpc) is 2.28. The molecule has 3 nitrogen and oxygen atoms in total. The zero-order valence-electron chi connectivity index (χ0n) is 10.6. The van der Waals surface area contributed by atoms with Crippen molar-refractivity contribution < 1.29 is 4.79 Å². The number of hydrogen-bond acceptors (Lipinski definition) is 2. The Kier molecular flexibility index (Phi) is 6.85. The smallest absolute Gasteiger partial charge is 0.228 e. The molecule has 4 heteroatoms. The van der Waals surface area contributed by atoms with Crippen molar-refractivity contribution in [3.05, 3.63) is 29.8 Å². The number of anilines is 1. The van der Waals surface area contributed by atoms with Gasteiger partial charge >= 0.3 is 0 Å². The Balaban J connectivity index is 0.00000256. The van der Waals surface area contributed by atoms with Crippen molar-refractivity contribution in [3.8, 4) is 0 Å². The number of nitrogens with two attached hydrogens (primary N) is 1. The van der Waals surface area contributed by atoms with E-state index in [-0.39, 0.29) is 30.3 Å². The molecule has 0 spiro atoms. The third-order valence-corrected chi connectivity index (χ3v) is 2.86. The van der Waals surface area contributed by atoms with E-state index in [2.05, 4.69) is 12.2 Å². The molecule has 0 fully saturated rings. The third-order valence-electron chi connectivity index (χ3n) is 2.86. The van der Waals surface area contributed by atoms with Gasteiger partial charge < -0.3 is 11.1 Å². The fraction of sp³-hybridized carbons (Fsp3) is 0.462. The fourth-order valence-electron chi connectivity index (χ4n) is 1.44. The summed E-state index contributed by atoms with van der Waals surface area (Å²) in [6.07, 6.45) is 0.906. The molecule has 17 heavy (non-hydrogen) atoms. The van der Waals surface area contributed by atoms with Crippen LogP contribution in [0, 0.1) is 5.92 Å². The number of carbonyl (C=O) groups is 1. The predicted molar refractivity (Wildman–Crippen MR) is 74.5 cm³/mol. The van der Waals surface area contributed by atoms with Crippen LogP contribution in [0.1, 0.15) is 26.3 Å². The van der Waals surface area contributed by atoms with Crippen LogP contribution in [0.2, 0.25) is 0 Å². The maximum atomic E-state index is 11.8. The van der Waals surface area contributed by atoms with Crippen LogP contribution < -0.4 is 11.1 Å². The predicted octanol–water partition coefficient (Wildman–Crippen LogP) is 2.59. The molecule has 0 aromatic heterocycles. The first-order valence-corrected chi connectivity index (χ1v) is 5.70. The molecule has 0 aliphatic carbocycles. The van der Waals surface area contributed by atoms with Crippen molar-refractivity contribution in [1.82, 2.24) is 0 Å². The van der Waals surface area contributed by atoms with E-state index < -0.39 is 0 Å². The number of nitrogens with one attached hydrogen (secondary N) is 1. The molecule has 1 amide bonds. The Morgan fingerprint density at radius 2 is 1.94 bits per heavy atom. The number of aryl methyl sites for hydroxylation is 1. The Hall–Kier alpha value is -1.06. The summed E-state index contributed by atoms with van der Waals surface area (Å²) >= 11 is 0. The van der Waals surface area contributed by atoms with Gasteiger partial charge in [-0.25, -0.2) is 0 Å². The first kappa shape index (κ1) is 15.9. The molecule has 1 aromatic rings. The first-order valence-electron chi connectivity index (χ1n) is 5.70. The second-order valence-electron chi connectivity index (χ2n) is 4.15. The SMILES string of the molecule is CCc1ccccc1NC(=O)C(C)C(C)N.Cl. The maximum Gasteiger partial charge on any atom is 0.228 e. The summed E-state index contributed by atoms with van der Waals surface area (Å²) in [5.41, 5.74) is 7.74. The molecule has 2 unspecified atom stereocenters. The zero-order valence-corrected chi connectivity index (χ0v) is 11.4. The van der Waals surface area contributed by atoms with Crippen LogP contribution in [-0.4, -0.2) is 11.9 Å². The van der Waals surface area contributed by atoms with Gasteiger partial charge in [-0.2, -0.15) is 0 Å². The van der Waals surface area contributed by atoms with Crippen molar-refractivity contribution in [2.24, 2.45) is 11.7 Å². The van der Waals surface area contributed by atoms with Crippen molar-refractivity contribution in [3.63, 3.8) is 0 Å². The van der Waals surface area contributed by atoms with E-state index in [0.29, 0.717) is 0 Å². The normalized spacial score (nSPS) is 13.4. The van der Waals surface area contributed by atoms with Crippen LogP contribution in [0.25, 0.3) is 0 Å².